The van der Waals surface area contributed by atoms with Gasteiger partial charge in [0.2, 0.25) is 0 Å². The topological polar surface area (TPSA) is 58.3 Å². The second-order valence-electron chi connectivity index (χ2n) is 5.63. The van der Waals surface area contributed by atoms with Gasteiger partial charge < -0.3 is 10.2 Å². The van der Waals surface area contributed by atoms with E-state index in [0.717, 1.165) is 42.2 Å². The molecule has 0 aliphatic carbocycles. The van der Waals surface area contributed by atoms with Crippen molar-refractivity contribution >= 4 is 45.9 Å². The molecular weight excluding hydrogens is 495 g/mol. The van der Waals surface area contributed by atoms with Crippen LogP contribution in [0.4, 0.5) is 0 Å². The molecule has 0 fully saturated rings. The van der Waals surface area contributed by atoms with Crippen LogP contribution in [0.5, 0.6) is 0 Å². The number of halogens is 2. The first-order valence-electron chi connectivity index (χ1n) is 8.17. The highest BCUT2D eigenvalue weighted by Crippen LogP contribution is 2.13. The van der Waals surface area contributed by atoms with Gasteiger partial charge in [-0.25, -0.2) is 4.98 Å². The molecule has 1 N–H and O–H groups in total. The maximum absolute atomic E-state index is 4.72. The fourth-order valence-electron chi connectivity index (χ4n) is 2.38. The molecule has 0 atom stereocenters. The molecule has 0 radical (unpaired) electrons. The first-order chi connectivity index (χ1) is 11.6. The molecule has 1 heterocycles. The molecule has 0 spiro atoms. The van der Waals surface area contributed by atoms with Crippen LogP contribution in [0.2, 0.25) is 0 Å². The Morgan fingerprint density at radius 1 is 1.40 bits per heavy atom. The van der Waals surface area contributed by atoms with Gasteiger partial charge in [0.25, 0.3) is 0 Å². The summed E-state index contributed by atoms with van der Waals surface area (Å²) in [5.74, 6) is 1.81. The van der Waals surface area contributed by atoms with Crippen LogP contribution in [0.15, 0.2) is 40.1 Å². The van der Waals surface area contributed by atoms with E-state index in [4.69, 9.17) is 4.99 Å². The van der Waals surface area contributed by atoms with Crippen LogP contribution in [0.3, 0.4) is 0 Å². The molecule has 0 bridgehead atoms. The zero-order valence-corrected chi connectivity index (χ0v) is 18.9. The predicted octanol–water partition coefficient (Wildman–Crippen LogP) is 3.23. The van der Waals surface area contributed by atoms with Crippen molar-refractivity contribution < 1.29 is 0 Å². The van der Waals surface area contributed by atoms with Crippen molar-refractivity contribution in [2.24, 2.45) is 12.0 Å². The minimum atomic E-state index is 0. The summed E-state index contributed by atoms with van der Waals surface area (Å²) in [6.07, 6.45) is 3.61. The average Bonchev–Trinajstić information content (AvgIpc) is 2.95. The fourth-order valence-corrected chi connectivity index (χ4v) is 2.83. The zero-order chi connectivity index (χ0) is 17.4. The maximum atomic E-state index is 4.72. The van der Waals surface area contributed by atoms with E-state index in [-0.39, 0.29) is 24.0 Å². The van der Waals surface area contributed by atoms with Gasteiger partial charge in [-0.2, -0.15) is 5.10 Å². The minimum absolute atomic E-state index is 0. The van der Waals surface area contributed by atoms with Gasteiger partial charge >= 0.3 is 0 Å². The summed E-state index contributed by atoms with van der Waals surface area (Å²) in [7, 11) is 3.92. The Morgan fingerprint density at radius 2 is 2.20 bits per heavy atom. The van der Waals surface area contributed by atoms with Crippen molar-refractivity contribution in [1.29, 1.82) is 0 Å². The molecule has 0 aliphatic rings. The van der Waals surface area contributed by atoms with Gasteiger partial charge in [0.1, 0.15) is 12.2 Å². The Labute approximate surface area is 175 Å². The van der Waals surface area contributed by atoms with Crippen LogP contribution in [0, 0.1) is 0 Å². The van der Waals surface area contributed by atoms with E-state index in [2.05, 4.69) is 61.4 Å². The Bertz CT molecular complexity index is 673. The standard InChI is InChI=1S/C17H25BrN6.HI/c1-4-19-17(23(2)12-16-21-13-22-24(16)3)20-10-6-8-14-7-5-9-15(18)11-14;/h5,7,9,11,13H,4,6,8,10,12H2,1-3H3,(H,19,20);1H. The van der Waals surface area contributed by atoms with Crippen molar-refractivity contribution in [3.63, 3.8) is 0 Å². The van der Waals surface area contributed by atoms with Crippen LogP contribution >= 0.6 is 39.9 Å². The van der Waals surface area contributed by atoms with Gasteiger partial charge in [-0.1, -0.05) is 28.1 Å². The molecule has 0 saturated heterocycles. The van der Waals surface area contributed by atoms with Crippen LogP contribution in [0.25, 0.3) is 0 Å². The number of hydrogen-bond acceptors (Lipinski definition) is 3. The van der Waals surface area contributed by atoms with E-state index < -0.39 is 0 Å². The smallest absolute Gasteiger partial charge is 0.194 e. The largest absolute Gasteiger partial charge is 0.357 e. The quantitative estimate of drug-likeness (QED) is 0.263. The van der Waals surface area contributed by atoms with Gasteiger partial charge in [0, 0.05) is 31.7 Å². The predicted molar refractivity (Wildman–Crippen MR) is 116 cm³/mol. The van der Waals surface area contributed by atoms with E-state index >= 15 is 0 Å². The molecule has 0 aliphatic heterocycles. The summed E-state index contributed by atoms with van der Waals surface area (Å²) < 4.78 is 2.91. The molecule has 0 amide bonds. The number of nitrogens with zero attached hydrogens (tertiary/aromatic N) is 5. The van der Waals surface area contributed by atoms with E-state index in [9.17, 15) is 0 Å². The van der Waals surface area contributed by atoms with Crippen LogP contribution < -0.4 is 5.32 Å². The molecule has 2 aromatic rings. The molecule has 6 nitrogen and oxygen atoms in total. The fraction of sp³-hybridized carbons (Fsp3) is 0.471. The van der Waals surface area contributed by atoms with Gasteiger partial charge in [0.05, 0.1) is 6.54 Å². The van der Waals surface area contributed by atoms with E-state index in [1.165, 1.54) is 5.56 Å². The van der Waals surface area contributed by atoms with Gasteiger partial charge in [-0.15, -0.1) is 24.0 Å². The highest BCUT2D eigenvalue weighted by atomic mass is 127. The number of rotatable bonds is 7. The zero-order valence-electron chi connectivity index (χ0n) is 14.9. The minimum Gasteiger partial charge on any atom is -0.357 e. The lowest BCUT2D eigenvalue weighted by atomic mass is 10.1. The lowest BCUT2D eigenvalue weighted by Gasteiger charge is -2.21. The van der Waals surface area contributed by atoms with Crippen LogP contribution in [-0.2, 0) is 20.0 Å². The molecule has 1 aromatic heterocycles. The number of guanidine groups is 1. The van der Waals surface area contributed by atoms with Crippen molar-refractivity contribution in [3.8, 4) is 0 Å². The molecule has 25 heavy (non-hydrogen) atoms. The van der Waals surface area contributed by atoms with Crippen molar-refractivity contribution in [2.45, 2.75) is 26.3 Å². The first-order valence-corrected chi connectivity index (χ1v) is 8.96. The Hall–Kier alpha value is -1.16. The summed E-state index contributed by atoms with van der Waals surface area (Å²) >= 11 is 3.51. The van der Waals surface area contributed by atoms with E-state index in [1.54, 1.807) is 11.0 Å². The van der Waals surface area contributed by atoms with Crippen LogP contribution in [0.1, 0.15) is 24.7 Å². The third-order valence-corrected chi connectivity index (χ3v) is 4.15. The molecule has 0 unspecified atom stereocenters. The second-order valence-corrected chi connectivity index (χ2v) is 6.54. The number of aliphatic imine (C=N–C) groups is 1. The normalized spacial score (nSPS) is 11.1. The van der Waals surface area contributed by atoms with Crippen LogP contribution in [-0.4, -0.2) is 45.8 Å². The molecule has 2 rings (SSSR count). The number of aryl methyl sites for hydroxylation is 2. The highest BCUT2D eigenvalue weighted by Gasteiger charge is 2.09. The van der Waals surface area contributed by atoms with E-state index in [0.29, 0.717) is 6.54 Å². The van der Waals surface area contributed by atoms with Gasteiger partial charge in [-0.05, 0) is 37.5 Å². The lowest BCUT2D eigenvalue weighted by Crippen LogP contribution is -2.39. The summed E-state index contributed by atoms with van der Waals surface area (Å²) in [5, 5.41) is 7.44. The van der Waals surface area contributed by atoms with Crippen molar-refractivity contribution in [3.05, 3.63) is 46.5 Å². The average molecular weight is 521 g/mol. The maximum Gasteiger partial charge on any atom is 0.194 e. The Morgan fingerprint density at radius 3 is 2.84 bits per heavy atom. The molecule has 1 aromatic carbocycles. The van der Waals surface area contributed by atoms with Crippen molar-refractivity contribution in [2.75, 3.05) is 20.1 Å². The third-order valence-electron chi connectivity index (χ3n) is 3.65. The lowest BCUT2D eigenvalue weighted by molar-refractivity contribution is 0.448. The van der Waals surface area contributed by atoms with Gasteiger partial charge in [-0.3, -0.25) is 9.67 Å². The van der Waals surface area contributed by atoms with E-state index in [1.807, 2.05) is 20.2 Å². The number of nitrogens with one attached hydrogen (secondary N) is 1. The Balaban J connectivity index is 0.00000312. The molecule has 138 valence electrons. The summed E-state index contributed by atoms with van der Waals surface area (Å²) in [5.41, 5.74) is 1.33. The molecule has 8 heteroatoms. The number of benzene rings is 1. The van der Waals surface area contributed by atoms with Crippen molar-refractivity contribution in [1.82, 2.24) is 25.0 Å². The number of hydrogen-bond donors (Lipinski definition) is 1. The molecular formula is C17H26BrIN6. The SMILES string of the molecule is CCNC(=NCCCc1cccc(Br)c1)N(C)Cc1ncnn1C.I. The second kappa shape index (κ2) is 11.5. The highest BCUT2D eigenvalue weighted by molar-refractivity contribution is 14.0. The number of aromatic nitrogens is 3. The summed E-state index contributed by atoms with van der Waals surface area (Å²) in [6, 6.07) is 8.43. The summed E-state index contributed by atoms with van der Waals surface area (Å²) in [4.78, 5) is 11.1. The van der Waals surface area contributed by atoms with Gasteiger partial charge in [0.15, 0.2) is 5.96 Å². The Kier molecular flexibility index (Phi) is 10.0. The monoisotopic (exact) mass is 520 g/mol. The third kappa shape index (κ3) is 7.31. The first kappa shape index (κ1) is 21.9. The molecule has 0 saturated carbocycles. The summed E-state index contributed by atoms with van der Waals surface area (Å²) in [6.45, 7) is 4.38.